The fourth-order valence-corrected chi connectivity index (χ4v) is 0. The summed E-state index contributed by atoms with van der Waals surface area (Å²) in [5.74, 6) is 0. The molecule has 0 saturated heterocycles. The van der Waals surface area contributed by atoms with E-state index >= 15 is 0 Å². The van der Waals surface area contributed by atoms with E-state index in [9.17, 15) is 0 Å². The predicted molar refractivity (Wildman–Crippen MR) is 23.7 cm³/mol. The van der Waals surface area contributed by atoms with Crippen molar-refractivity contribution in [3.05, 3.63) is 0 Å². The molecule has 0 rings (SSSR count). The normalized spacial score (nSPS) is 6.44. The molecule has 0 amide bonds. The smallest absolute Gasteiger partial charge is 0.759 e. The average molecular weight is 290 g/mol. The molecule has 0 aromatic rings. The third-order valence-electron chi connectivity index (χ3n) is 0. The van der Waals surface area contributed by atoms with Crippen LogP contribution in [-0.2, 0) is 10.4 Å². The van der Waals surface area contributed by atoms with Gasteiger partial charge in [0.15, 0.2) is 0 Å². The van der Waals surface area contributed by atoms with Crippen LogP contribution in [0.25, 0.3) is 0 Å². The van der Waals surface area contributed by atoms with Crippen LogP contribution in [0.1, 0.15) is 0 Å². The van der Waals surface area contributed by atoms with Gasteiger partial charge in [0.1, 0.15) is 0 Å². The Kier molecular flexibility index (Phi) is 42.3. The molecule has 0 aromatic carbocycles. The molecule has 9 heavy (non-hydrogen) atoms. The molecule has 8 N–H and O–H groups in total. The summed E-state index contributed by atoms with van der Waals surface area (Å²) in [5, 5.41) is 0. The van der Waals surface area contributed by atoms with Gasteiger partial charge in [0.05, 0.1) is 0 Å². The zero-order chi connectivity index (χ0) is 4.50. The number of rotatable bonds is 0. The Labute approximate surface area is 86.0 Å². The second kappa shape index (κ2) is 11.9. The van der Waals surface area contributed by atoms with Gasteiger partial charge in [0, 0.05) is 10.4 Å². The molecule has 57 valence electrons. The Morgan fingerprint density at radius 2 is 1.00 bits per heavy atom. The molecule has 0 aliphatic carbocycles. The third-order valence-corrected chi connectivity index (χ3v) is 0. The number of hydrogen-bond donors (Lipinski definition) is 1. The summed E-state index contributed by atoms with van der Waals surface area (Å²) in [6, 6.07) is 0. The van der Waals surface area contributed by atoms with E-state index in [1.165, 1.54) is 0 Å². The Hall–Kier alpha value is 1.13. The second-order valence-electron chi connectivity index (χ2n) is 0.408. The van der Waals surface area contributed by atoms with Crippen LogP contribution in [0.5, 0.6) is 0 Å². The van der Waals surface area contributed by atoms with Gasteiger partial charge in [0.2, 0.25) is 0 Å². The summed E-state index contributed by atoms with van der Waals surface area (Å²) < 4.78 is 34.1. The maximum Gasteiger partial charge on any atom is 3.00 e. The van der Waals surface area contributed by atoms with E-state index in [1.54, 1.807) is 0 Å². The van der Waals surface area contributed by atoms with Gasteiger partial charge in [-0.2, -0.15) is 0 Å². The van der Waals surface area contributed by atoms with Crippen molar-refractivity contribution in [3.8, 4) is 0 Å². The quantitative estimate of drug-likeness (QED) is 0.379. The summed E-state index contributed by atoms with van der Waals surface area (Å²) in [4.78, 5) is 0. The van der Waals surface area contributed by atoms with E-state index in [-0.39, 0.29) is 58.9 Å². The molecule has 0 saturated carbocycles. The maximum atomic E-state index is 8.52. The fourth-order valence-electron chi connectivity index (χ4n) is 0. The van der Waals surface area contributed by atoms with Crippen molar-refractivity contribution in [1.82, 2.24) is 6.15 Å². The van der Waals surface area contributed by atoms with Crippen LogP contribution in [-0.4, -0.2) is 28.5 Å². The maximum absolute atomic E-state index is 8.52. The first-order valence-corrected chi connectivity index (χ1v) is 2.00. The molecule has 0 spiro atoms. The van der Waals surface area contributed by atoms with Gasteiger partial charge in [0.25, 0.3) is 0 Å². The van der Waals surface area contributed by atoms with E-state index in [0.29, 0.717) is 0 Å². The molecule has 0 aliphatic rings. The molecule has 0 atom stereocenters. The van der Waals surface area contributed by atoms with E-state index in [1.807, 2.05) is 0 Å². The van der Waals surface area contributed by atoms with E-state index in [0.717, 1.165) is 0 Å². The van der Waals surface area contributed by atoms with Gasteiger partial charge in [-0.15, -0.1) is 0 Å². The molecule has 0 unspecified atom stereocenters. The Balaban J connectivity index is -0.0000000133. The number of quaternary nitrogens is 1. The third kappa shape index (κ3) is 365. The van der Waals surface area contributed by atoms with Gasteiger partial charge in [-0.25, -0.2) is 0 Å². The van der Waals surface area contributed by atoms with Crippen LogP contribution in [0, 0.1) is 41.7 Å². The van der Waals surface area contributed by atoms with E-state index in [2.05, 4.69) is 0 Å². The average Bonchev–Trinajstić information content (AvgIpc) is 0.722. The molecule has 7 nitrogen and oxygen atoms in total. The molecule has 0 aromatic heterocycles. The predicted octanol–water partition coefficient (Wildman–Crippen LogP) is -2.61. The minimum Gasteiger partial charge on any atom is -0.759 e. The Bertz CT molecular complexity index is 96.2. The van der Waals surface area contributed by atoms with Crippen molar-refractivity contribution in [2.24, 2.45) is 0 Å². The summed E-state index contributed by atoms with van der Waals surface area (Å²) >= 11 is 0. The van der Waals surface area contributed by atoms with Crippen molar-refractivity contribution in [2.45, 2.75) is 0 Å². The zero-order valence-electron chi connectivity index (χ0n) is 4.54. The van der Waals surface area contributed by atoms with Crippen molar-refractivity contribution < 1.29 is 70.2 Å². The summed E-state index contributed by atoms with van der Waals surface area (Å²) in [6.45, 7) is 0. The van der Waals surface area contributed by atoms with Gasteiger partial charge < -0.3 is 26.2 Å². The van der Waals surface area contributed by atoms with E-state index in [4.69, 9.17) is 17.5 Å². The van der Waals surface area contributed by atoms with Crippen LogP contribution in [0.15, 0.2) is 0 Å². The summed E-state index contributed by atoms with van der Waals surface area (Å²) in [5.41, 5.74) is 0. The minimum absolute atomic E-state index is 0. The molecule has 0 fully saturated rings. The minimum atomic E-state index is -5.17. The number of hydrogen-bond acceptors (Lipinski definition) is 4. The molecule has 9 heteroatoms. The van der Waals surface area contributed by atoms with Crippen LogP contribution < -0.4 is 6.15 Å². The topological polar surface area (TPSA) is 180 Å². The summed E-state index contributed by atoms with van der Waals surface area (Å²) in [6.07, 6.45) is 0. The second-order valence-corrected chi connectivity index (χ2v) is 1.22. The van der Waals surface area contributed by atoms with Crippen LogP contribution in [0.4, 0.5) is 0 Å². The van der Waals surface area contributed by atoms with Crippen molar-refractivity contribution >= 4 is 10.4 Å². The Morgan fingerprint density at radius 1 is 1.00 bits per heavy atom. The first kappa shape index (κ1) is 32.1. The van der Waals surface area contributed by atoms with Crippen molar-refractivity contribution in [2.75, 3.05) is 0 Å². The summed E-state index contributed by atoms with van der Waals surface area (Å²) in [7, 11) is -5.17. The van der Waals surface area contributed by atoms with Gasteiger partial charge in [-0.05, 0) is 0 Å². The first-order chi connectivity index (χ1) is 2.00. The van der Waals surface area contributed by atoms with Crippen LogP contribution in [0.2, 0.25) is 0 Å². The molecular formula is H8CeNO6S+2. The van der Waals surface area contributed by atoms with Crippen LogP contribution in [0.3, 0.4) is 0 Å². The zero-order valence-corrected chi connectivity index (χ0v) is 8.50. The molecule has 1 radical (unpaired) electrons. The van der Waals surface area contributed by atoms with Gasteiger partial charge >= 0.3 is 41.7 Å². The van der Waals surface area contributed by atoms with Gasteiger partial charge in [-0.3, -0.25) is 8.42 Å². The Morgan fingerprint density at radius 3 is 1.00 bits per heavy atom. The van der Waals surface area contributed by atoms with Crippen LogP contribution >= 0.6 is 0 Å². The SMILES string of the molecule is O.O.O=S(=O)([O-])[O-].[Ce+3].[NH4+]. The molecule has 0 heterocycles. The first-order valence-electron chi connectivity index (χ1n) is 0.667. The van der Waals surface area contributed by atoms with E-state index < -0.39 is 10.4 Å². The molecule has 0 aliphatic heterocycles. The van der Waals surface area contributed by atoms with Crippen molar-refractivity contribution in [3.63, 3.8) is 0 Å². The fraction of sp³-hybridized carbons (Fsp3) is 0. The molecular weight excluding hydrogens is 282 g/mol. The largest absolute Gasteiger partial charge is 3.00 e. The monoisotopic (exact) mass is 290 g/mol. The van der Waals surface area contributed by atoms with Crippen molar-refractivity contribution in [1.29, 1.82) is 0 Å². The van der Waals surface area contributed by atoms with Gasteiger partial charge in [-0.1, -0.05) is 0 Å². The standard InChI is InChI=1S/Ce.H3N.H2O4S.2H2O/c;;1-5(2,3)4;;/h;1H3;(H2,1,2,3,4);2*1H2/q+3;;;;/p-1. The molecule has 0 bridgehead atoms.